The van der Waals surface area contributed by atoms with E-state index < -0.39 is 5.91 Å². The Kier molecular flexibility index (Phi) is 6.04. The van der Waals surface area contributed by atoms with Crippen molar-refractivity contribution in [2.45, 2.75) is 6.54 Å². The summed E-state index contributed by atoms with van der Waals surface area (Å²) < 4.78 is 10.4. The number of rotatable bonds is 5. The van der Waals surface area contributed by atoms with Gasteiger partial charge in [-0.2, -0.15) is 0 Å². The zero-order chi connectivity index (χ0) is 22.7. The highest BCUT2D eigenvalue weighted by atomic mass is 32.1. The molecule has 2 N–H and O–H groups in total. The molecule has 0 saturated carbocycles. The normalized spacial score (nSPS) is 12.2. The van der Waals surface area contributed by atoms with Crippen LogP contribution in [0.15, 0.2) is 66.7 Å². The van der Waals surface area contributed by atoms with Crippen molar-refractivity contribution in [1.82, 2.24) is 5.32 Å². The molecule has 0 saturated heterocycles. The number of hydrogen-bond acceptors (Lipinski definition) is 5. The van der Waals surface area contributed by atoms with Crippen molar-refractivity contribution in [3.63, 3.8) is 0 Å². The molecule has 0 aliphatic carbocycles. The zero-order valence-electron chi connectivity index (χ0n) is 17.5. The number of carbonyl (C=O) groups is 2. The maximum atomic E-state index is 12.6. The fourth-order valence-electron chi connectivity index (χ4n) is 3.46. The Morgan fingerprint density at radius 2 is 1.62 bits per heavy atom. The van der Waals surface area contributed by atoms with Crippen LogP contribution in [0.1, 0.15) is 26.3 Å². The monoisotopic (exact) mass is 447 g/mol. The number of amides is 2. The second-order valence-corrected chi connectivity index (χ2v) is 7.51. The fraction of sp³-hybridized carbons (Fsp3) is 0.125. The van der Waals surface area contributed by atoms with E-state index in [9.17, 15) is 9.59 Å². The molecular formula is C24H21N3O4S. The third-order valence-electron chi connectivity index (χ3n) is 5.10. The summed E-state index contributed by atoms with van der Waals surface area (Å²) in [6.07, 6.45) is 0. The third kappa shape index (κ3) is 4.40. The second kappa shape index (κ2) is 9.07. The molecule has 1 aliphatic rings. The van der Waals surface area contributed by atoms with E-state index in [4.69, 9.17) is 21.7 Å². The Labute approximate surface area is 190 Å². The second-order valence-electron chi connectivity index (χ2n) is 7.10. The summed E-state index contributed by atoms with van der Waals surface area (Å²) >= 11 is 5.27. The van der Waals surface area contributed by atoms with Crippen LogP contribution in [0.4, 0.5) is 11.4 Å². The van der Waals surface area contributed by atoms with Crippen LogP contribution in [-0.2, 0) is 6.54 Å². The first-order valence-electron chi connectivity index (χ1n) is 9.83. The predicted molar refractivity (Wildman–Crippen MR) is 127 cm³/mol. The number of nitrogens with one attached hydrogen (secondary N) is 2. The largest absolute Gasteiger partial charge is 0.497 e. The standard InChI is InChI=1S/C24H21N3O4S/c1-30-19-11-16(12-20(13-19)31-2)22(28)26-24(32)25-17-7-9-18(10-8-17)27-14-15-5-3-4-6-21(15)23(27)29/h3-13H,14H2,1-2H3,(H2,25,26,28,32). The molecule has 32 heavy (non-hydrogen) atoms. The molecule has 0 atom stereocenters. The van der Waals surface area contributed by atoms with Crippen molar-refractivity contribution in [3.8, 4) is 11.5 Å². The lowest BCUT2D eigenvalue weighted by molar-refractivity contribution is 0.0974. The molecule has 0 fully saturated rings. The first-order valence-corrected chi connectivity index (χ1v) is 10.2. The van der Waals surface area contributed by atoms with Gasteiger partial charge in [0.1, 0.15) is 11.5 Å². The van der Waals surface area contributed by atoms with Gasteiger partial charge in [-0.25, -0.2) is 0 Å². The highest BCUT2D eigenvalue weighted by Gasteiger charge is 2.27. The van der Waals surface area contributed by atoms with Crippen molar-refractivity contribution in [1.29, 1.82) is 0 Å². The van der Waals surface area contributed by atoms with Crippen molar-refractivity contribution >= 4 is 40.5 Å². The molecule has 0 aromatic heterocycles. The van der Waals surface area contributed by atoms with Gasteiger partial charge in [0, 0.05) is 28.6 Å². The fourth-order valence-corrected chi connectivity index (χ4v) is 3.67. The van der Waals surface area contributed by atoms with Gasteiger partial charge in [-0.05, 0) is 60.2 Å². The summed E-state index contributed by atoms with van der Waals surface area (Å²) in [5, 5.41) is 5.77. The summed E-state index contributed by atoms with van der Waals surface area (Å²) in [7, 11) is 3.03. The van der Waals surface area contributed by atoms with Gasteiger partial charge in [0.05, 0.1) is 20.8 Å². The van der Waals surface area contributed by atoms with Gasteiger partial charge in [-0.3, -0.25) is 14.9 Å². The summed E-state index contributed by atoms with van der Waals surface area (Å²) in [6, 6.07) is 19.8. The minimum atomic E-state index is -0.392. The number of thiocarbonyl (C=S) groups is 1. The summed E-state index contributed by atoms with van der Waals surface area (Å²) in [4.78, 5) is 26.9. The molecule has 2 amide bonds. The number of methoxy groups -OCH3 is 2. The third-order valence-corrected chi connectivity index (χ3v) is 5.30. The Morgan fingerprint density at radius 3 is 2.25 bits per heavy atom. The van der Waals surface area contributed by atoms with Gasteiger partial charge in [0.2, 0.25) is 0 Å². The smallest absolute Gasteiger partial charge is 0.258 e. The number of benzene rings is 3. The van der Waals surface area contributed by atoms with Gasteiger partial charge in [-0.15, -0.1) is 0 Å². The molecule has 7 nitrogen and oxygen atoms in total. The van der Waals surface area contributed by atoms with Crippen LogP contribution in [0.2, 0.25) is 0 Å². The number of hydrogen-bond donors (Lipinski definition) is 2. The number of fused-ring (bicyclic) bond motifs is 1. The van der Waals surface area contributed by atoms with E-state index >= 15 is 0 Å². The molecule has 3 aromatic rings. The van der Waals surface area contributed by atoms with Crippen LogP contribution in [0.3, 0.4) is 0 Å². The minimum Gasteiger partial charge on any atom is -0.497 e. The maximum absolute atomic E-state index is 12.6. The molecule has 0 bridgehead atoms. The zero-order valence-corrected chi connectivity index (χ0v) is 18.4. The highest BCUT2D eigenvalue weighted by Crippen LogP contribution is 2.29. The van der Waals surface area contributed by atoms with Crippen LogP contribution >= 0.6 is 12.2 Å². The number of ether oxygens (including phenoxy) is 2. The first kappa shape index (κ1) is 21.3. The Hall–Kier alpha value is -3.91. The first-order chi connectivity index (χ1) is 15.5. The molecule has 3 aromatic carbocycles. The SMILES string of the molecule is COc1cc(OC)cc(C(=O)NC(=S)Nc2ccc(N3Cc4ccccc4C3=O)cc2)c1. The van der Waals surface area contributed by atoms with E-state index in [1.807, 2.05) is 36.4 Å². The van der Waals surface area contributed by atoms with Crippen LogP contribution in [-0.4, -0.2) is 31.1 Å². The summed E-state index contributed by atoms with van der Waals surface area (Å²) in [6.45, 7) is 0.542. The molecule has 0 radical (unpaired) electrons. The minimum absolute atomic E-state index is 0.0159. The average molecular weight is 448 g/mol. The Bertz CT molecular complexity index is 1170. The molecular weight excluding hydrogens is 426 g/mol. The van der Waals surface area contributed by atoms with E-state index in [1.165, 1.54) is 14.2 Å². The van der Waals surface area contributed by atoms with Crippen molar-refractivity contribution < 1.29 is 19.1 Å². The number of anilines is 2. The van der Waals surface area contributed by atoms with E-state index in [0.29, 0.717) is 29.3 Å². The van der Waals surface area contributed by atoms with Gasteiger partial charge < -0.3 is 19.7 Å². The summed E-state index contributed by atoms with van der Waals surface area (Å²) in [5.41, 5.74) is 3.57. The quantitative estimate of drug-likeness (QED) is 0.576. The van der Waals surface area contributed by atoms with Crippen LogP contribution < -0.4 is 25.0 Å². The van der Waals surface area contributed by atoms with Crippen LogP contribution in [0.5, 0.6) is 11.5 Å². The van der Waals surface area contributed by atoms with E-state index in [2.05, 4.69) is 10.6 Å². The van der Waals surface area contributed by atoms with E-state index in [-0.39, 0.29) is 11.0 Å². The van der Waals surface area contributed by atoms with Gasteiger partial charge in [-0.1, -0.05) is 18.2 Å². The molecule has 162 valence electrons. The maximum Gasteiger partial charge on any atom is 0.258 e. The molecule has 1 heterocycles. The van der Waals surface area contributed by atoms with Crippen molar-refractivity contribution in [3.05, 3.63) is 83.4 Å². The lowest BCUT2D eigenvalue weighted by atomic mass is 10.1. The van der Waals surface area contributed by atoms with E-state index in [1.54, 1.807) is 35.2 Å². The number of carbonyl (C=O) groups excluding carboxylic acids is 2. The molecule has 8 heteroatoms. The van der Waals surface area contributed by atoms with Crippen molar-refractivity contribution in [2.24, 2.45) is 0 Å². The summed E-state index contributed by atoms with van der Waals surface area (Å²) in [5.74, 6) is 0.597. The van der Waals surface area contributed by atoms with Crippen molar-refractivity contribution in [2.75, 3.05) is 24.4 Å². The lowest BCUT2D eigenvalue weighted by Crippen LogP contribution is -2.34. The predicted octanol–water partition coefficient (Wildman–Crippen LogP) is 3.99. The molecule has 0 spiro atoms. The highest BCUT2D eigenvalue weighted by molar-refractivity contribution is 7.80. The molecule has 0 unspecified atom stereocenters. The lowest BCUT2D eigenvalue weighted by Gasteiger charge is -2.17. The van der Waals surface area contributed by atoms with E-state index in [0.717, 1.165) is 16.8 Å². The van der Waals surface area contributed by atoms with Gasteiger partial charge in [0.15, 0.2) is 5.11 Å². The van der Waals surface area contributed by atoms with Crippen LogP contribution in [0, 0.1) is 0 Å². The van der Waals surface area contributed by atoms with Crippen LogP contribution in [0.25, 0.3) is 0 Å². The van der Waals surface area contributed by atoms with Gasteiger partial charge >= 0.3 is 0 Å². The molecule has 1 aliphatic heterocycles. The van der Waals surface area contributed by atoms with Gasteiger partial charge in [0.25, 0.3) is 11.8 Å². The Balaban J connectivity index is 1.39. The molecule has 4 rings (SSSR count). The topological polar surface area (TPSA) is 79.9 Å². The average Bonchev–Trinajstić information content (AvgIpc) is 3.15. The number of nitrogens with zero attached hydrogens (tertiary/aromatic N) is 1. The Morgan fingerprint density at radius 1 is 0.969 bits per heavy atom.